The molecule has 1 aromatic carbocycles. The molecular formula is C21H20F3N3O3. The molecule has 1 heterocycles. The standard InChI is InChI=1S/C21H20F3N3O3/c1-12(5-6-13(2)30-4)14(3)25-21-26-20(29)16(11-28)10-27(21)9-15-7-17(22)19(24)18(23)8-15/h5-8,10-11H,3,9H2,1-2,4H3,(H,25,26,29)/b12-5-,13-6+. The van der Waals surface area contributed by atoms with Crippen LogP contribution in [0.25, 0.3) is 0 Å². The monoisotopic (exact) mass is 419 g/mol. The summed E-state index contributed by atoms with van der Waals surface area (Å²) < 4.78 is 46.7. The number of allylic oxidation sites excluding steroid dienone is 4. The lowest BCUT2D eigenvalue weighted by Gasteiger charge is -2.16. The number of carbonyl (C=O) groups is 1. The molecule has 158 valence electrons. The zero-order chi connectivity index (χ0) is 22.4. The Labute approximate surface area is 171 Å². The van der Waals surface area contributed by atoms with Crippen molar-refractivity contribution in [3.05, 3.63) is 93.0 Å². The van der Waals surface area contributed by atoms with Crippen molar-refractivity contribution < 1.29 is 22.7 Å². The van der Waals surface area contributed by atoms with E-state index in [-0.39, 0.29) is 23.6 Å². The number of methoxy groups -OCH3 is 1. The van der Waals surface area contributed by atoms with Gasteiger partial charge in [-0.1, -0.05) is 12.7 Å². The predicted octanol–water partition coefficient (Wildman–Crippen LogP) is 3.94. The van der Waals surface area contributed by atoms with Gasteiger partial charge in [0.05, 0.1) is 25.0 Å². The van der Waals surface area contributed by atoms with Crippen molar-refractivity contribution >= 4 is 12.2 Å². The van der Waals surface area contributed by atoms with Gasteiger partial charge < -0.3 is 14.6 Å². The average molecular weight is 419 g/mol. The van der Waals surface area contributed by atoms with Crippen LogP contribution in [0.4, 0.5) is 19.1 Å². The van der Waals surface area contributed by atoms with Gasteiger partial charge in [0, 0.05) is 11.9 Å². The first kappa shape index (κ1) is 22.7. The van der Waals surface area contributed by atoms with E-state index in [0.29, 0.717) is 23.3 Å². The minimum atomic E-state index is -1.59. The van der Waals surface area contributed by atoms with Crippen LogP contribution in [0.15, 0.2) is 58.9 Å². The number of carbonyl (C=O) groups excluding carboxylic acids is 1. The Balaban J connectivity index is 2.42. The molecule has 0 unspecified atom stereocenters. The Bertz CT molecular complexity index is 1080. The van der Waals surface area contributed by atoms with Crippen molar-refractivity contribution in [2.75, 3.05) is 12.4 Å². The molecule has 6 nitrogen and oxygen atoms in total. The summed E-state index contributed by atoms with van der Waals surface area (Å²) in [5.41, 5.74) is 0.0924. The fraction of sp³-hybridized carbons (Fsp3) is 0.190. The summed E-state index contributed by atoms with van der Waals surface area (Å²) >= 11 is 0. The highest BCUT2D eigenvalue weighted by Gasteiger charge is 2.14. The first-order chi connectivity index (χ1) is 14.2. The zero-order valence-corrected chi connectivity index (χ0v) is 16.6. The second-order valence-corrected chi connectivity index (χ2v) is 6.38. The summed E-state index contributed by atoms with van der Waals surface area (Å²) in [5, 5.41) is 2.85. The van der Waals surface area contributed by atoms with Crippen molar-refractivity contribution in [3.8, 4) is 0 Å². The van der Waals surface area contributed by atoms with Crippen LogP contribution in [-0.4, -0.2) is 22.9 Å². The Morgan fingerprint density at radius 2 is 1.87 bits per heavy atom. The number of anilines is 1. The topological polar surface area (TPSA) is 73.2 Å². The van der Waals surface area contributed by atoms with Crippen molar-refractivity contribution in [2.45, 2.75) is 20.4 Å². The van der Waals surface area contributed by atoms with E-state index in [1.165, 1.54) is 17.9 Å². The van der Waals surface area contributed by atoms with Crippen LogP contribution >= 0.6 is 0 Å². The van der Waals surface area contributed by atoms with Crippen LogP contribution in [0.1, 0.15) is 29.8 Å². The molecule has 0 fully saturated rings. The maximum atomic E-state index is 13.5. The van der Waals surface area contributed by atoms with E-state index in [9.17, 15) is 22.8 Å². The van der Waals surface area contributed by atoms with Crippen LogP contribution in [0.2, 0.25) is 0 Å². The smallest absolute Gasteiger partial charge is 0.285 e. The number of aromatic nitrogens is 2. The molecule has 0 atom stereocenters. The molecule has 2 rings (SSSR count). The lowest BCUT2D eigenvalue weighted by molar-refractivity contribution is 0.112. The van der Waals surface area contributed by atoms with Gasteiger partial charge >= 0.3 is 0 Å². The van der Waals surface area contributed by atoms with Crippen molar-refractivity contribution in [1.29, 1.82) is 0 Å². The maximum absolute atomic E-state index is 13.5. The number of halogens is 3. The van der Waals surface area contributed by atoms with E-state index in [4.69, 9.17) is 4.74 Å². The average Bonchev–Trinajstić information content (AvgIpc) is 2.71. The SMILES string of the molecule is C=C(Nc1nc(=O)c(C=O)cn1Cc1cc(F)c(F)c(F)c1)/C(C)=C\C=C(/C)OC. The molecule has 0 aliphatic heterocycles. The number of nitrogens with zero attached hydrogens (tertiary/aromatic N) is 2. The third kappa shape index (κ3) is 5.47. The highest BCUT2D eigenvalue weighted by molar-refractivity contribution is 5.73. The zero-order valence-electron chi connectivity index (χ0n) is 16.6. The molecule has 0 aliphatic carbocycles. The van der Waals surface area contributed by atoms with E-state index < -0.39 is 23.0 Å². The molecule has 2 aromatic rings. The third-order valence-electron chi connectivity index (χ3n) is 4.17. The molecular weight excluding hydrogens is 399 g/mol. The third-order valence-corrected chi connectivity index (χ3v) is 4.17. The Morgan fingerprint density at radius 1 is 1.23 bits per heavy atom. The van der Waals surface area contributed by atoms with Crippen LogP contribution in [0.5, 0.6) is 0 Å². The van der Waals surface area contributed by atoms with E-state index >= 15 is 0 Å². The van der Waals surface area contributed by atoms with Crippen LogP contribution < -0.4 is 10.9 Å². The quantitative estimate of drug-likeness (QED) is 0.304. The second kappa shape index (κ2) is 9.73. The summed E-state index contributed by atoms with van der Waals surface area (Å²) in [6, 6.07) is 1.64. The van der Waals surface area contributed by atoms with Gasteiger partial charge in [-0.05, 0) is 43.2 Å². The Morgan fingerprint density at radius 3 is 2.43 bits per heavy atom. The number of aldehydes is 1. The van der Waals surface area contributed by atoms with Crippen LogP contribution in [0.3, 0.4) is 0 Å². The summed E-state index contributed by atoms with van der Waals surface area (Å²) in [6.07, 6.45) is 4.94. The number of hydrogen-bond acceptors (Lipinski definition) is 5. The normalized spacial score (nSPS) is 11.9. The highest BCUT2D eigenvalue weighted by Crippen LogP contribution is 2.17. The minimum absolute atomic E-state index is 0.0130. The predicted molar refractivity (Wildman–Crippen MR) is 107 cm³/mol. The molecule has 30 heavy (non-hydrogen) atoms. The maximum Gasteiger partial charge on any atom is 0.285 e. The largest absolute Gasteiger partial charge is 0.501 e. The summed E-state index contributed by atoms with van der Waals surface area (Å²) in [5.74, 6) is -3.65. The van der Waals surface area contributed by atoms with Crippen LogP contribution in [-0.2, 0) is 11.3 Å². The number of hydrogen-bond donors (Lipinski definition) is 1. The molecule has 0 aliphatic rings. The Hall–Kier alpha value is -3.62. The minimum Gasteiger partial charge on any atom is -0.501 e. The number of nitrogens with one attached hydrogen (secondary N) is 1. The van der Waals surface area contributed by atoms with Crippen molar-refractivity contribution in [1.82, 2.24) is 9.55 Å². The summed E-state index contributed by atoms with van der Waals surface area (Å²) in [6.45, 7) is 7.19. The molecule has 0 saturated heterocycles. The molecule has 0 saturated carbocycles. The van der Waals surface area contributed by atoms with E-state index in [1.807, 2.05) is 0 Å². The van der Waals surface area contributed by atoms with Gasteiger partial charge in [-0.15, -0.1) is 0 Å². The van der Waals surface area contributed by atoms with Gasteiger partial charge in [-0.25, -0.2) is 13.2 Å². The Kier molecular flexibility index (Phi) is 7.35. The van der Waals surface area contributed by atoms with Gasteiger partial charge in [0.15, 0.2) is 23.7 Å². The molecule has 0 radical (unpaired) electrons. The van der Waals surface area contributed by atoms with E-state index in [2.05, 4.69) is 16.9 Å². The number of benzene rings is 1. The number of ether oxygens (including phenoxy) is 1. The molecule has 0 amide bonds. The van der Waals surface area contributed by atoms with Crippen molar-refractivity contribution in [3.63, 3.8) is 0 Å². The van der Waals surface area contributed by atoms with Crippen molar-refractivity contribution in [2.24, 2.45) is 0 Å². The highest BCUT2D eigenvalue weighted by atomic mass is 19.2. The van der Waals surface area contributed by atoms with Gasteiger partial charge in [0.2, 0.25) is 5.95 Å². The summed E-state index contributed by atoms with van der Waals surface area (Å²) in [4.78, 5) is 26.9. The first-order valence-electron chi connectivity index (χ1n) is 8.71. The van der Waals surface area contributed by atoms with Gasteiger partial charge in [-0.2, -0.15) is 4.98 Å². The fourth-order valence-electron chi connectivity index (χ4n) is 2.35. The van der Waals surface area contributed by atoms with E-state index in [1.54, 1.807) is 26.0 Å². The summed E-state index contributed by atoms with van der Waals surface area (Å²) in [7, 11) is 1.53. The van der Waals surface area contributed by atoms with Gasteiger partial charge in [0.1, 0.15) is 0 Å². The molecule has 1 aromatic heterocycles. The lowest BCUT2D eigenvalue weighted by Crippen LogP contribution is -2.22. The lowest BCUT2D eigenvalue weighted by atomic mass is 10.2. The molecule has 0 bridgehead atoms. The van der Waals surface area contributed by atoms with Crippen LogP contribution in [0, 0.1) is 17.5 Å². The van der Waals surface area contributed by atoms with Gasteiger partial charge in [-0.3, -0.25) is 9.59 Å². The van der Waals surface area contributed by atoms with Gasteiger partial charge in [0.25, 0.3) is 5.56 Å². The molecule has 0 spiro atoms. The fourth-order valence-corrected chi connectivity index (χ4v) is 2.35. The first-order valence-corrected chi connectivity index (χ1v) is 8.71. The molecule has 1 N–H and O–H groups in total. The molecule has 9 heteroatoms. The van der Waals surface area contributed by atoms with E-state index in [0.717, 1.165) is 12.1 Å². The number of rotatable bonds is 8. The second-order valence-electron chi connectivity index (χ2n) is 6.38.